The summed E-state index contributed by atoms with van der Waals surface area (Å²) in [5, 5.41) is 3.15. The van der Waals surface area contributed by atoms with E-state index in [9.17, 15) is 9.59 Å². The molecule has 0 radical (unpaired) electrons. The molecule has 1 atom stereocenters. The average Bonchev–Trinajstić information content (AvgIpc) is 3.26. The molecule has 0 aromatic carbocycles. The average molecular weight is 544 g/mol. The first-order valence-corrected chi connectivity index (χ1v) is 15.9. The van der Waals surface area contributed by atoms with Gasteiger partial charge in [0.05, 0.1) is 20.1 Å². The van der Waals surface area contributed by atoms with Gasteiger partial charge in [-0.3, -0.25) is 14.5 Å². The summed E-state index contributed by atoms with van der Waals surface area (Å²) in [6.07, 6.45) is 25.6. The Hall–Kier alpha value is -0.810. The van der Waals surface area contributed by atoms with Gasteiger partial charge in [-0.2, -0.15) is 0 Å². The van der Waals surface area contributed by atoms with Crippen LogP contribution in [0.2, 0.25) is 0 Å². The first-order chi connectivity index (χ1) is 17.5. The maximum Gasteiger partial charge on any atom is 0.226 e. The number of amides is 2. The van der Waals surface area contributed by atoms with Crippen molar-refractivity contribution in [2.24, 2.45) is 0 Å². The second-order valence-electron chi connectivity index (χ2n) is 11.7. The van der Waals surface area contributed by atoms with Crippen molar-refractivity contribution in [3.8, 4) is 0 Å². The van der Waals surface area contributed by atoms with E-state index in [1.807, 2.05) is 0 Å². The van der Waals surface area contributed by atoms with Gasteiger partial charge < -0.3 is 22.2 Å². The molecule has 0 bridgehead atoms. The predicted molar refractivity (Wildman–Crippen MR) is 154 cm³/mol. The first-order valence-electron chi connectivity index (χ1n) is 15.9. The van der Waals surface area contributed by atoms with E-state index in [1.165, 1.54) is 103 Å². The molecule has 37 heavy (non-hydrogen) atoms. The molecule has 220 valence electrons. The standard InChI is InChI=1S/C31H61N3O2.ClH/c1-4-6-8-10-12-14-15-17-19-23-30(35)32-25-22-28-34(3,29-33-26-21-24-31(33)36)27-20-18-16-13-11-9-7-5-2;/h4-29H2,1-3H3;1H. The Bertz CT molecular complexity index is 561. The van der Waals surface area contributed by atoms with Crippen LogP contribution in [-0.4, -0.2) is 61.1 Å². The van der Waals surface area contributed by atoms with Gasteiger partial charge in [0.1, 0.15) is 0 Å². The van der Waals surface area contributed by atoms with Crippen LogP contribution >= 0.6 is 0 Å². The molecular weight excluding hydrogens is 482 g/mol. The third kappa shape index (κ3) is 19.9. The Morgan fingerprint density at radius 1 is 0.757 bits per heavy atom. The molecule has 2 amide bonds. The maximum atomic E-state index is 12.3. The lowest BCUT2D eigenvalue weighted by Gasteiger charge is -2.38. The molecular formula is C31H62ClN3O2. The minimum Gasteiger partial charge on any atom is -1.00 e. The fourth-order valence-corrected chi connectivity index (χ4v) is 5.52. The minimum atomic E-state index is 0. The number of likely N-dealkylation sites (tertiary alicyclic amines) is 1. The lowest BCUT2D eigenvalue weighted by molar-refractivity contribution is -0.918. The molecule has 0 aliphatic carbocycles. The number of hydrogen-bond acceptors (Lipinski definition) is 2. The van der Waals surface area contributed by atoms with Crippen LogP contribution < -0.4 is 17.7 Å². The third-order valence-corrected chi connectivity index (χ3v) is 7.94. The van der Waals surface area contributed by atoms with Gasteiger partial charge in [0.25, 0.3) is 0 Å². The minimum absolute atomic E-state index is 0. The maximum absolute atomic E-state index is 12.3. The van der Waals surface area contributed by atoms with Gasteiger partial charge in [-0.1, -0.05) is 104 Å². The van der Waals surface area contributed by atoms with Gasteiger partial charge in [-0.15, -0.1) is 0 Å². The largest absolute Gasteiger partial charge is 1.00 e. The van der Waals surface area contributed by atoms with Crippen LogP contribution in [0.3, 0.4) is 0 Å². The van der Waals surface area contributed by atoms with E-state index in [-0.39, 0.29) is 18.3 Å². The second-order valence-corrected chi connectivity index (χ2v) is 11.7. The Balaban J connectivity index is 0.0000130. The summed E-state index contributed by atoms with van der Waals surface area (Å²) in [6, 6.07) is 0. The van der Waals surface area contributed by atoms with Crippen LogP contribution in [0.25, 0.3) is 0 Å². The summed E-state index contributed by atoms with van der Waals surface area (Å²) in [5.74, 6) is 0.537. The molecule has 1 aliphatic rings. The predicted octanol–water partition coefficient (Wildman–Crippen LogP) is 4.58. The van der Waals surface area contributed by atoms with E-state index < -0.39 is 0 Å². The van der Waals surface area contributed by atoms with Crippen molar-refractivity contribution >= 4 is 11.8 Å². The lowest BCUT2D eigenvalue weighted by Crippen LogP contribution is -3.00. The molecule has 0 spiro atoms. The molecule has 1 aliphatic heterocycles. The Kier molecular flexibility index (Phi) is 23.7. The molecule has 0 aromatic heterocycles. The van der Waals surface area contributed by atoms with Crippen molar-refractivity contribution in [2.45, 2.75) is 149 Å². The molecule has 1 fully saturated rings. The van der Waals surface area contributed by atoms with Gasteiger partial charge in [0.2, 0.25) is 11.8 Å². The summed E-state index contributed by atoms with van der Waals surface area (Å²) in [6.45, 7) is 9.20. The molecule has 1 unspecified atom stereocenters. The van der Waals surface area contributed by atoms with Gasteiger partial charge >= 0.3 is 0 Å². The van der Waals surface area contributed by atoms with Crippen molar-refractivity contribution in [3.63, 3.8) is 0 Å². The number of carbonyl (C=O) groups excluding carboxylic acids is 2. The zero-order valence-corrected chi connectivity index (χ0v) is 25.7. The first kappa shape index (κ1) is 36.2. The number of carbonyl (C=O) groups is 2. The molecule has 0 aromatic rings. The number of nitrogens with one attached hydrogen (secondary N) is 1. The number of rotatable bonds is 25. The normalized spacial score (nSPS) is 15.0. The fourth-order valence-electron chi connectivity index (χ4n) is 5.52. The van der Waals surface area contributed by atoms with Crippen LogP contribution in [0.1, 0.15) is 149 Å². The smallest absolute Gasteiger partial charge is 0.226 e. The molecule has 1 saturated heterocycles. The van der Waals surface area contributed by atoms with Gasteiger partial charge in [0, 0.05) is 32.4 Å². The quantitative estimate of drug-likeness (QED) is 0.135. The molecule has 6 heteroatoms. The summed E-state index contributed by atoms with van der Waals surface area (Å²) < 4.78 is 0.926. The van der Waals surface area contributed by atoms with Crippen LogP contribution in [-0.2, 0) is 9.59 Å². The number of nitrogens with zero attached hydrogens (tertiary/aromatic N) is 2. The van der Waals surface area contributed by atoms with E-state index in [1.54, 1.807) is 0 Å². The summed E-state index contributed by atoms with van der Waals surface area (Å²) in [4.78, 5) is 26.6. The monoisotopic (exact) mass is 543 g/mol. The number of unbranched alkanes of at least 4 members (excludes halogenated alkanes) is 15. The Labute approximate surface area is 236 Å². The SMILES string of the molecule is CCCCCCCCCCCC(=O)NCCC[N+](C)(CCCCCCCCCC)CN1CCCC1=O.[Cl-]. The third-order valence-electron chi connectivity index (χ3n) is 7.94. The Morgan fingerprint density at radius 3 is 1.76 bits per heavy atom. The summed E-state index contributed by atoms with van der Waals surface area (Å²) in [7, 11) is 2.32. The van der Waals surface area contributed by atoms with E-state index in [2.05, 4.69) is 31.1 Å². The molecule has 1 rings (SSSR count). The van der Waals surface area contributed by atoms with Crippen molar-refractivity contribution in [1.29, 1.82) is 0 Å². The van der Waals surface area contributed by atoms with E-state index in [4.69, 9.17) is 0 Å². The Morgan fingerprint density at radius 2 is 1.24 bits per heavy atom. The molecule has 5 nitrogen and oxygen atoms in total. The fraction of sp³-hybridized carbons (Fsp3) is 0.935. The highest BCUT2D eigenvalue weighted by Crippen LogP contribution is 2.17. The highest BCUT2D eigenvalue weighted by Gasteiger charge is 2.29. The second kappa shape index (κ2) is 24.2. The highest BCUT2D eigenvalue weighted by atomic mass is 35.5. The summed E-state index contributed by atoms with van der Waals surface area (Å²) >= 11 is 0. The van der Waals surface area contributed by atoms with Gasteiger partial charge in [-0.05, 0) is 25.7 Å². The van der Waals surface area contributed by atoms with Crippen LogP contribution in [0.5, 0.6) is 0 Å². The van der Waals surface area contributed by atoms with Crippen LogP contribution in [0.15, 0.2) is 0 Å². The van der Waals surface area contributed by atoms with Crippen molar-refractivity contribution in [3.05, 3.63) is 0 Å². The van der Waals surface area contributed by atoms with Gasteiger partial charge in [-0.25, -0.2) is 0 Å². The number of quaternary nitrogens is 1. The van der Waals surface area contributed by atoms with E-state index >= 15 is 0 Å². The van der Waals surface area contributed by atoms with Crippen LogP contribution in [0, 0.1) is 0 Å². The summed E-state index contributed by atoms with van der Waals surface area (Å²) in [5.41, 5.74) is 0. The van der Waals surface area contributed by atoms with Crippen LogP contribution in [0.4, 0.5) is 0 Å². The van der Waals surface area contributed by atoms with Crippen molar-refractivity contribution in [1.82, 2.24) is 10.2 Å². The zero-order valence-electron chi connectivity index (χ0n) is 25.0. The number of hydrogen-bond donors (Lipinski definition) is 1. The highest BCUT2D eigenvalue weighted by molar-refractivity contribution is 5.77. The van der Waals surface area contributed by atoms with E-state index in [0.717, 1.165) is 56.6 Å². The number of halogens is 1. The topological polar surface area (TPSA) is 49.4 Å². The molecule has 1 heterocycles. The van der Waals surface area contributed by atoms with Crippen molar-refractivity contribution < 1.29 is 26.5 Å². The molecule has 1 N–H and O–H groups in total. The molecule has 0 saturated carbocycles. The van der Waals surface area contributed by atoms with Gasteiger partial charge in [0.15, 0.2) is 6.67 Å². The van der Waals surface area contributed by atoms with E-state index in [0.29, 0.717) is 18.7 Å². The lowest BCUT2D eigenvalue weighted by atomic mass is 10.1. The zero-order chi connectivity index (χ0) is 26.3. The van der Waals surface area contributed by atoms with Crippen molar-refractivity contribution in [2.75, 3.05) is 39.9 Å².